The van der Waals surface area contributed by atoms with Crippen LogP contribution in [0.25, 0.3) is 0 Å². The maximum Gasteiger partial charge on any atom is 0.102 e. The van der Waals surface area contributed by atoms with Crippen molar-refractivity contribution in [3.05, 3.63) is 11.9 Å². The van der Waals surface area contributed by atoms with Crippen LogP contribution in [0.15, 0.2) is 6.20 Å². The van der Waals surface area contributed by atoms with Crippen LogP contribution in [0.2, 0.25) is 0 Å². The standard InChI is InChI=1S/C12H20N4/c13-12(6-2-1-3-7-12)11-9-16(15-14-11)8-10-4-5-10/h9-10H,1-8,13H2. The van der Waals surface area contributed by atoms with Crippen molar-refractivity contribution in [1.82, 2.24) is 15.0 Å². The average molecular weight is 220 g/mol. The van der Waals surface area contributed by atoms with Gasteiger partial charge in [-0.15, -0.1) is 5.10 Å². The van der Waals surface area contributed by atoms with E-state index in [1.165, 1.54) is 32.1 Å². The fourth-order valence-corrected chi connectivity index (χ4v) is 2.62. The molecule has 4 heteroatoms. The molecule has 0 saturated heterocycles. The van der Waals surface area contributed by atoms with Crippen LogP contribution in [0, 0.1) is 5.92 Å². The van der Waals surface area contributed by atoms with Crippen molar-refractivity contribution in [3.8, 4) is 0 Å². The molecular formula is C12H20N4. The Kier molecular flexibility index (Phi) is 2.46. The number of nitrogens with two attached hydrogens (primary N) is 1. The lowest BCUT2D eigenvalue weighted by Crippen LogP contribution is -2.39. The summed E-state index contributed by atoms with van der Waals surface area (Å²) in [5.41, 5.74) is 7.24. The normalized spacial score (nSPS) is 24.6. The lowest BCUT2D eigenvalue weighted by molar-refractivity contribution is 0.294. The highest BCUT2D eigenvalue weighted by atomic mass is 15.4. The largest absolute Gasteiger partial charge is 0.320 e. The van der Waals surface area contributed by atoms with Crippen LogP contribution in [-0.2, 0) is 12.1 Å². The molecule has 0 unspecified atom stereocenters. The Bertz CT molecular complexity index is 361. The van der Waals surface area contributed by atoms with E-state index in [1.807, 2.05) is 4.68 Å². The van der Waals surface area contributed by atoms with Gasteiger partial charge in [-0.2, -0.15) is 0 Å². The van der Waals surface area contributed by atoms with Crippen molar-refractivity contribution in [3.63, 3.8) is 0 Å². The Morgan fingerprint density at radius 1 is 1.31 bits per heavy atom. The molecule has 2 N–H and O–H groups in total. The predicted octanol–water partition coefficient (Wildman–Crippen LogP) is 1.81. The number of hydrogen-bond acceptors (Lipinski definition) is 3. The summed E-state index contributed by atoms with van der Waals surface area (Å²) in [5, 5.41) is 8.48. The molecule has 2 aliphatic carbocycles. The van der Waals surface area contributed by atoms with Crippen molar-refractivity contribution >= 4 is 0 Å². The fourth-order valence-electron chi connectivity index (χ4n) is 2.62. The molecule has 0 aromatic carbocycles. The zero-order valence-corrected chi connectivity index (χ0v) is 9.73. The minimum atomic E-state index is -0.194. The van der Waals surface area contributed by atoms with Gasteiger partial charge in [0.2, 0.25) is 0 Å². The molecule has 3 rings (SSSR count). The smallest absolute Gasteiger partial charge is 0.102 e. The molecule has 2 saturated carbocycles. The van der Waals surface area contributed by atoms with Gasteiger partial charge in [0.25, 0.3) is 0 Å². The van der Waals surface area contributed by atoms with Gasteiger partial charge in [-0.1, -0.05) is 24.5 Å². The summed E-state index contributed by atoms with van der Waals surface area (Å²) in [5.74, 6) is 0.842. The second-order valence-corrected chi connectivity index (χ2v) is 5.49. The second-order valence-electron chi connectivity index (χ2n) is 5.49. The highest BCUT2D eigenvalue weighted by molar-refractivity contribution is 5.10. The van der Waals surface area contributed by atoms with Gasteiger partial charge in [-0.3, -0.25) is 4.68 Å². The Balaban J connectivity index is 1.74. The van der Waals surface area contributed by atoms with Crippen LogP contribution in [0.4, 0.5) is 0 Å². The predicted molar refractivity (Wildman–Crippen MR) is 61.7 cm³/mol. The summed E-state index contributed by atoms with van der Waals surface area (Å²) >= 11 is 0. The van der Waals surface area contributed by atoms with E-state index in [4.69, 9.17) is 5.73 Å². The van der Waals surface area contributed by atoms with Gasteiger partial charge >= 0.3 is 0 Å². The van der Waals surface area contributed by atoms with E-state index >= 15 is 0 Å². The monoisotopic (exact) mass is 220 g/mol. The van der Waals surface area contributed by atoms with Gasteiger partial charge in [0.15, 0.2) is 0 Å². The Labute approximate surface area is 96.2 Å². The lowest BCUT2D eigenvalue weighted by Gasteiger charge is -2.31. The van der Waals surface area contributed by atoms with E-state index in [1.54, 1.807) is 0 Å². The van der Waals surface area contributed by atoms with Gasteiger partial charge in [0.05, 0.1) is 11.7 Å². The van der Waals surface area contributed by atoms with E-state index in [0.29, 0.717) is 0 Å². The van der Waals surface area contributed by atoms with Gasteiger partial charge in [-0.05, 0) is 31.6 Å². The van der Waals surface area contributed by atoms with E-state index in [2.05, 4.69) is 16.5 Å². The van der Waals surface area contributed by atoms with Gasteiger partial charge in [0, 0.05) is 6.54 Å². The summed E-state index contributed by atoms with van der Waals surface area (Å²) in [6.07, 6.45) is 10.7. The van der Waals surface area contributed by atoms with Crippen LogP contribution < -0.4 is 5.73 Å². The first-order chi connectivity index (χ1) is 7.76. The Morgan fingerprint density at radius 3 is 2.75 bits per heavy atom. The van der Waals surface area contributed by atoms with E-state index in [9.17, 15) is 0 Å². The topological polar surface area (TPSA) is 56.7 Å². The quantitative estimate of drug-likeness (QED) is 0.845. The number of rotatable bonds is 3. The molecule has 88 valence electrons. The van der Waals surface area contributed by atoms with Crippen molar-refractivity contribution in [2.24, 2.45) is 11.7 Å². The highest BCUT2D eigenvalue weighted by Crippen LogP contribution is 2.34. The zero-order valence-electron chi connectivity index (χ0n) is 9.73. The molecular weight excluding hydrogens is 200 g/mol. The summed E-state index contributed by atoms with van der Waals surface area (Å²) in [4.78, 5) is 0. The van der Waals surface area contributed by atoms with Crippen LogP contribution in [0.1, 0.15) is 50.6 Å². The minimum absolute atomic E-state index is 0.194. The third-order valence-corrected chi connectivity index (χ3v) is 3.94. The first kappa shape index (κ1) is 10.3. The molecule has 0 bridgehead atoms. The van der Waals surface area contributed by atoms with Crippen LogP contribution >= 0.6 is 0 Å². The first-order valence-corrected chi connectivity index (χ1v) is 6.46. The fraction of sp³-hybridized carbons (Fsp3) is 0.833. The van der Waals surface area contributed by atoms with Gasteiger partial charge in [0.1, 0.15) is 5.69 Å². The molecule has 1 aromatic rings. The van der Waals surface area contributed by atoms with Crippen LogP contribution in [0.5, 0.6) is 0 Å². The minimum Gasteiger partial charge on any atom is -0.320 e. The third-order valence-electron chi connectivity index (χ3n) is 3.94. The molecule has 1 aromatic heterocycles. The SMILES string of the molecule is NC1(c2cn(CC3CC3)nn2)CCCCC1. The molecule has 4 nitrogen and oxygen atoms in total. The maximum absolute atomic E-state index is 6.42. The van der Waals surface area contributed by atoms with Crippen LogP contribution in [-0.4, -0.2) is 15.0 Å². The Morgan fingerprint density at radius 2 is 2.06 bits per heavy atom. The van der Waals surface area contributed by atoms with E-state index < -0.39 is 0 Å². The molecule has 0 aliphatic heterocycles. The van der Waals surface area contributed by atoms with E-state index in [0.717, 1.165) is 31.0 Å². The van der Waals surface area contributed by atoms with Crippen molar-refractivity contribution in [2.75, 3.05) is 0 Å². The van der Waals surface area contributed by atoms with Crippen LogP contribution in [0.3, 0.4) is 0 Å². The number of hydrogen-bond donors (Lipinski definition) is 1. The molecule has 0 amide bonds. The molecule has 0 radical (unpaired) electrons. The lowest BCUT2D eigenvalue weighted by atomic mass is 9.80. The van der Waals surface area contributed by atoms with Crippen molar-refractivity contribution in [1.29, 1.82) is 0 Å². The maximum atomic E-state index is 6.42. The highest BCUT2D eigenvalue weighted by Gasteiger charge is 2.32. The third kappa shape index (κ3) is 1.98. The first-order valence-electron chi connectivity index (χ1n) is 6.46. The average Bonchev–Trinajstić information content (AvgIpc) is 2.95. The summed E-state index contributed by atoms with van der Waals surface area (Å²) in [7, 11) is 0. The molecule has 0 spiro atoms. The number of aromatic nitrogens is 3. The molecule has 2 aliphatic rings. The second kappa shape index (κ2) is 3.84. The summed E-state index contributed by atoms with van der Waals surface area (Å²) in [6, 6.07) is 0. The molecule has 2 fully saturated rings. The molecule has 1 heterocycles. The van der Waals surface area contributed by atoms with E-state index in [-0.39, 0.29) is 5.54 Å². The van der Waals surface area contributed by atoms with Crippen molar-refractivity contribution < 1.29 is 0 Å². The summed E-state index contributed by atoms with van der Waals surface area (Å²) < 4.78 is 1.98. The zero-order chi connectivity index (χ0) is 11.0. The Hall–Kier alpha value is -0.900. The van der Waals surface area contributed by atoms with Gasteiger partial charge in [-0.25, -0.2) is 0 Å². The molecule has 16 heavy (non-hydrogen) atoms. The van der Waals surface area contributed by atoms with Crippen molar-refractivity contribution in [2.45, 2.75) is 57.0 Å². The van der Waals surface area contributed by atoms with Gasteiger partial charge < -0.3 is 5.73 Å². The summed E-state index contributed by atoms with van der Waals surface area (Å²) in [6.45, 7) is 1.03. The molecule has 0 atom stereocenters. The number of nitrogens with zero attached hydrogens (tertiary/aromatic N) is 3.